The molecule has 0 bridgehead atoms. The lowest BCUT2D eigenvalue weighted by Gasteiger charge is -2.17. The molecule has 1 aromatic rings. The molecule has 0 aliphatic rings. The molecule has 1 aromatic carbocycles. The van der Waals surface area contributed by atoms with E-state index in [9.17, 15) is 4.79 Å². The van der Waals surface area contributed by atoms with Gasteiger partial charge in [0.15, 0.2) is 0 Å². The van der Waals surface area contributed by atoms with Gasteiger partial charge in [-0.25, -0.2) is 4.79 Å². The lowest BCUT2D eigenvalue weighted by atomic mass is 10.2. The third-order valence-corrected chi connectivity index (χ3v) is 2.03. The molecule has 0 radical (unpaired) electrons. The Morgan fingerprint density at radius 3 is 2.62 bits per heavy atom. The summed E-state index contributed by atoms with van der Waals surface area (Å²) in [6.07, 6.45) is 3.23. The van der Waals surface area contributed by atoms with Crippen molar-refractivity contribution in [1.82, 2.24) is 4.90 Å². The Balaban J connectivity index is 2.68. The van der Waals surface area contributed by atoms with Gasteiger partial charge in [-0.05, 0) is 19.4 Å². The maximum Gasteiger partial charge on any atom is 0.414 e. The van der Waals surface area contributed by atoms with Crippen LogP contribution in [0.1, 0.15) is 19.4 Å². The Morgan fingerprint density at radius 2 is 2.06 bits per heavy atom. The molecule has 0 atom stereocenters. The number of carbonyl (C=O) groups excluding carboxylic acids is 1. The number of rotatable bonds is 4. The van der Waals surface area contributed by atoms with Crippen LogP contribution < -0.4 is 0 Å². The Morgan fingerprint density at radius 1 is 1.38 bits per heavy atom. The molecule has 3 heteroatoms. The van der Waals surface area contributed by atoms with Gasteiger partial charge in [0.1, 0.15) is 0 Å². The molecule has 0 fully saturated rings. The molecular formula is C13H17NO2. The van der Waals surface area contributed by atoms with Crippen molar-refractivity contribution in [2.24, 2.45) is 0 Å². The van der Waals surface area contributed by atoms with Crippen molar-refractivity contribution in [3.05, 3.63) is 48.2 Å². The van der Waals surface area contributed by atoms with Crippen LogP contribution in [0.5, 0.6) is 0 Å². The first kappa shape index (κ1) is 12.3. The molecule has 16 heavy (non-hydrogen) atoms. The first-order chi connectivity index (χ1) is 7.77. The summed E-state index contributed by atoms with van der Waals surface area (Å²) < 4.78 is 4.96. The minimum absolute atomic E-state index is 0.315. The zero-order valence-electron chi connectivity index (χ0n) is 9.72. The second-order valence-corrected chi connectivity index (χ2v) is 3.29. The molecule has 0 unspecified atom stereocenters. The monoisotopic (exact) mass is 219 g/mol. The van der Waals surface area contributed by atoms with Crippen molar-refractivity contribution < 1.29 is 9.53 Å². The smallest absolute Gasteiger partial charge is 0.414 e. The fraction of sp³-hybridized carbons (Fsp3) is 0.308. The predicted molar refractivity (Wildman–Crippen MR) is 63.8 cm³/mol. The third-order valence-electron chi connectivity index (χ3n) is 2.03. The van der Waals surface area contributed by atoms with Gasteiger partial charge >= 0.3 is 6.09 Å². The summed E-state index contributed by atoms with van der Waals surface area (Å²) >= 11 is 0. The minimum atomic E-state index is -0.315. The van der Waals surface area contributed by atoms with Crippen LogP contribution in [0.3, 0.4) is 0 Å². The topological polar surface area (TPSA) is 29.5 Å². The average molecular weight is 219 g/mol. The highest BCUT2D eigenvalue weighted by Crippen LogP contribution is 2.06. The van der Waals surface area contributed by atoms with Crippen LogP contribution in [-0.4, -0.2) is 17.6 Å². The molecule has 0 aromatic heterocycles. The van der Waals surface area contributed by atoms with Crippen molar-refractivity contribution in [3.63, 3.8) is 0 Å². The number of hydrogen-bond donors (Lipinski definition) is 0. The molecule has 0 aliphatic carbocycles. The molecule has 1 rings (SSSR count). The van der Waals surface area contributed by atoms with Gasteiger partial charge in [-0.15, -0.1) is 0 Å². The highest BCUT2D eigenvalue weighted by Gasteiger charge is 2.11. The van der Waals surface area contributed by atoms with Crippen molar-refractivity contribution >= 4 is 6.09 Å². The molecule has 0 N–H and O–H groups in total. The van der Waals surface area contributed by atoms with Gasteiger partial charge in [0.2, 0.25) is 0 Å². The quantitative estimate of drug-likeness (QED) is 0.778. The van der Waals surface area contributed by atoms with Gasteiger partial charge < -0.3 is 4.74 Å². The molecule has 1 amide bonds. The molecule has 0 aliphatic heterocycles. The van der Waals surface area contributed by atoms with E-state index in [1.807, 2.05) is 43.3 Å². The maximum absolute atomic E-state index is 11.6. The van der Waals surface area contributed by atoms with Crippen molar-refractivity contribution in [2.75, 3.05) is 6.61 Å². The molecular weight excluding hydrogens is 202 g/mol. The minimum Gasteiger partial charge on any atom is -0.449 e. The van der Waals surface area contributed by atoms with Gasteiger partial charge in [0, 0.05) is 6.20 Å². The summed E-state index contributed by atoms with van der Waals surface area (Å²) in [6.45, 7) is 4.59. The van der Waals surface area contributed by atoms with E-state index in [2.05, 4.69) is 0 Å². The highest BCUT2D eigenvalue weighted by atomic mass is 16.6. The van der Waals surface area contributed by atoms with E-state index >= 15 is 0 Å². The van der Waals surface area contributed by atoms with Gasteiger partial charge in [0.25, 0.3) is 0 Å². The molecule has 0 saturated heterocycles. The molecule has 86 valence electrons. The first-order valence-corrected chi connectivity index (χ1v) is 5.38. The van der Waals surface area contributed by atoms with E-state index in [1.54, 1.807) is 18.0 Å². The number of allylic oxidation sites excluding steroid dienone is 1. The number of carbonyl (C=O) groups is 1. The van der Waals surface area contributed by atoms with Crippen LogP contribution in [0.15, 0.2) is 42.6 Å². The van der Waals surface area contributed by atoms with Crippen LogP contribution in [0.4, 0.5) is 4.79 Å². The van der Waals surface area contributed by atoms with Crippen LogP contribution >= 0.6 is 0 Å². The fourth-order valence-electron chi connectivity index (χ4n) is 1.34. The Kier molecular flexibility index (Phi) is 5.12. The summed E-state index contributed by atoms with van der Waals surface area (Å²) in [6, 6.07) is 9.82. The van der Waals surface area contributed by atoms with Crippen LogP contribution in [-0.2, 0) is 11.3 Å². The van der Waals surface area contributed by atoms with Crippen LogP contribution in [0.2, 0.25) is 0 Å². The van der Waals surface area contributed by atoms with E-state index in [0.717, 1.165) is 5.56 Å². The second kappa shape index (κ2) is 6.67. The normalized spacial score (nSPS) is 10.4. The maximum atomic E-state index is 11.6. The van der Waals surface area contributed by atoms with E-state index in [0.29, 0.717) is 13.2 Å². The Labute approximate surface area is 96.3 Å². The zero-order valence-corrected chi connectivity index (χ0v) is 9.72. The number of benzene rings is 1. The molecule has 0 heterocycles. The van der Waals surface area contributed by atoms with Crippen LogP contribution in [0.25, 0.3) is 0 Å². The zero-order chi connectivity index (χ0) is 11.8. The summed E-state index contributed by atoms with van der Waals surface area (Å²) in [5.41, 5.74) is 1.08. The number of amides is 1. The predicted octanol–water partition coefficient (Wildman–Crippen LogP) is 3.18. The SMILES string of the molecule is CC=CN(Cc1ccccc1)C(=O)OCC. The van der Waals surface area contributed by atoms with Gasteiger partial charge in [-0.2, -0.15) is 0 Å². The van der Waals surface area contributed by atoms with E-state index in [1.165, 1.54) is 0 Å². The average Bonchev–Trinajstić information content (AvgIpc) is 2.30. The highest BCUT2D eigenvalue weighted by molar-refractivity contribution is 5.68. The molecule has 3 nitrogen and oxygen atoms in total. The first-order valence-electron chi connectivity index (χ1n) is 5.38. The largest absolute Gasteiger partial charge is 0.449 e. The van der Waals surface area contributed by atoms with Gasteiger partial charge in [-0.1, -0.05) is 36.4 Å². The second-order valence-electron chi connectivity index (χ2n) is 3.29. The summed E-state index contributed by atoms with van der Waals surface area (Å²) in [7, 11) is 0. The van der Waals surface area contributed by atoms with Crippen LogP contribution in [0, 0.1) is 0 Å². The Hall–Kier alpha value is -1.77. The lowest BCUT2D eigenvalue weighted by molar-refractivity contribution is 0.120. The summed E-state index contributed by atoms with van der Waals surface area (Å²) in [4.78, 5) is 13.1. The van der Waals surface area contributed by atoms with E-state index in [4.69, 9.17) is 4.74 Å². The lowest BCUT2D eigenvalue weighted by Crippen LogP contribution is -2.25. The van der Waals surface area contributed by atoms with Gasteiger partial charge in [-0.3, -0.25) is 4.90 Å². The fourth-order valence-corrected chi connectivity index (χ4v) is 1.34. The molecule has 0 saturated carbocycles. The van der Waals surface area contributed by atoms with Gasteiger partial charge in [0.05, 0.1) is 13.2 Å². The number of nitrogens with zero attached hydrogens (tertiary/aromatic N) is 1. The van der Waals surface area contributed by atoms with Crippen molar-refractivity contribution in [3.8, 4) is 0 Å². The van der Waals surface area contributed by atoms with E-state index < -0.39 is 0 Å². The van der Waals surface area contributed by atoms with Crippen molar-refractivity contribution in [2.45, 2.75) is 20.4 Å². The number of ether oxygens (including phenoxy) is 1. The Bertz CT molecular complexity index is 346. The molecule has 0 spiro atoms. The van der Waals surface area contributed by atoms with Crippen molar-refractivity contribution in [1.29, 1.82) is 0 Å². The van der Waals surface area contributed by atoms with E-state index in [-0.39, 0.29) is 6.09 Å². The summed E-state index contributed by atoms with van der Waals surface area (Å²) in [5, 5.41) is 0. The summed E-state index contributed by atoms with van der Waals surface area (Å²) in [5.74, 6) is 0. The third kappa shape index (κ3) is 3.77. The number of hydrogen-bond acceptors (Lipinski definition) is 2. The standard InChI is InChI=1S/C13H17NO2/c1-3-10-14(13(15)16-4-2)11-12-8-6-5-7-9-12/h3,5-10H,4,11H2,1-2H3.